The van der Waals surface area contributed by atoms with Gasteiger partial charge in [-0.2, -0.15) is 13.2 Å². The number of nitrogens with zero attached hydrogens (tertiary/aromatic N) is 1. The van der Waals surface area contributed by atoms with E-state index in [1.165, 1.54) is 12.1 Å². The molecule has 3 nitrogen and oxygen atoms in total. The minimum Gasteiger partial charge on any atom is -0.497 e. The molecule has 0 bridgehead atoms. The number of hydrogen-bond acceptors (Lipinski definition) is 2. The van der Waals surface area contributed by atoms with E-state index in [0.29, 0.717) is 5.69 Å². The van der Waals surface area contributed by atoms with E-state index in [0.717, 1.165) is 35.5 Å². The molecule has 0 saturated carbocycles. The van der Waals surface area contributed by atoms with Crippen LogP contribution in [-0.2, 0) is 6.42 Å². The zero-order chi connectivity index (χ0) is 20.3. The van der Waals surface area contributed by atoms with Crippen molar-refractivity contribution in [2.45, 2.75) is 25.9 Å². The number of benzene rings is 2. The molecular formula is C22H20F3NO2. The highest BCUT2D eigenvalue weighted by molar-refractivity contribution is 6.00. The molecule has 0 aliphatic heterocycles. The van der Waals surface area contributed by atoms with Gasteiger partial charge in [0.15, 0.2) is 0 Å². The second kappa shape index (κ2) is 7.92. The Bertz CT molecular complexity index is 955. The van der Waals surface area contributed by atoms with Gasteiger partial charge in [0.25, 0.3) is 5.78 Å². The van der Waals surface area contributed by atoms with E-state index in [1.54, 1.807) is 19.2 Å². The molecule has 1 aromatic heterocycles. The van der Waals surface area contributed by atoms with Crippen LogP contribution in [0.5, 0.6) is 5.75 Å². The zero-order valence-corrected chi connectivity index (χ0v) is 15.6. The van der Waals surface area contributed by atoms with Gasteiger partial charge in [0.2, 0.25) is 0 Å². The van der Waals surface area contributed by atoms with Crippen molar-refractivity contribution in [2.24, 2.45) is 0 Å². The molecule has 0 N–H and O–H groups in total. The number of Topliss-reactive ketones (excluding diaryl/α,β-unsaturated/α-hetero) is 1. The van der Waals surface area contributed by atoms with Crippen molar-refractivity contribution in [1.82, 2.24) is 4.57 Å². The molecule has 2 aromatic carbocycles. The predicted molar refractivity (Wildman–Crippen MR) is 102 cm³/mol. The minimum atomic E-state index is -4.88. The summed E-state index contributed by atoms with van der Waals surface area (Å²) in [4.78, 5) is 11.4. The van der Waals surface area contributed by atoms with Crippen LogP contribution in [0.4, 0.5) is 13.2 Å². The van der Waals surface area contributed by atoms with Crippen LogP contribution in [0.3, 0.4) is 0 Å². The summed E-state index contributed by atoms with van der Waals surface area (Å²) in [6.45, 7) is 2.06. The number of aromatic nitrogens is 1. The van der Waals surface area contributed by atoms with Gasteiger partial charge in [0, 0.05) is 16.9 Å². The molecule has 0 fully saturated rings. The molecule has 0 aliphatic carbocycles. The fourth-order valence-corrected chi connectivity index (χ4v) is 3.15. The number of rotatable bonds is 6. The molecule has 0 radical (unpaired) electrons. The van der Waals surface area contributed by atoms with Gasteiger partial charge in [0.1, 0.15) is 5.75 Å². The molecule has 3 rings (SSSR count). The quantitative estimate of drug-likeness (QED) is 0.497. The molecule has 146 valence electrons. The maximum absolute atomic E-state index is 12.7. The van der Waals surface area contributed by atoms with Crippen LogP contribution in [0.15, 0.2) is 60.7 Å². The number of aryl methyl sites for hydroxylation is 1. The van der Waals surface area contributed by atoms with Crippen LogP contribution >= 0.6 is 0 Å². The SMILES string of the molecule is CCCc1ccc(-c2ccc(OC)cc2)n1-c1ccc(C(=O)C(F)(F)F)cc1. The number of hydrogen-bond donors (Lipinski definition) is 0. The van der Waals surface area contributed by atoms with E-state index in [-0.39, 0.29) is 5.56 Å². The number of carbonyl (C=O) groups is 1. The van der Waals surface area contributed by atoms with Crippen molar-refractivity contribution >= 4 is 5.78 Å². The minimum absolute atomic E-state index is 0.369. The van der Waals surface area contributed by atoms with Crippen LogP contribution < -0.4 is 4.74 Å². The number of carbonyl (C=O) groups excluding carboxylic acids is 1. The first kappa shape index (κ1) is 19.7. The Morgan fingerprint density at radius 3 is 2.14 bits per heavy atom. The van der Waals surface area contributed by atoms with E-state index in [9.17, 15) is 18.0 Å². The van der Waals surface area contributed by atoms with E-state index < -0.39 is 12.0 Å². The molecular weight excluding hydrogens is 367 g/mol. The van der Waals surface area contributed by atoms with Gasteiger partial charge in [0.05, 0.1) is 12.8 Å². The first-order valence-corrected chi connectivity index (χ1v) is 8.92. The third-order valence-corrected chi connectivity index (χ3v) is 4.50. The van der Waals surface area contributed by atoms with Gasteiger partial charge in [-0.3, -0.25) is 4.79 Å². The Morgan fingerprint density at radius 1 is 0.964 bits per heavy atom. The summed E-state index contributed by atoms with van der Waals surface area (Å²) in [6, 6.07) is 17.1. The van der Waals surface area contributed by atoms with Crippen LogP contribution in [0.25, 0.3) is 16.9 Å². The monoisotopic (exact) mass is 387 g/mol. The summed E-state index contributed by atoms with van der Waals surface area (Å²) in [6.07, 6.45) is -3.13. The summed E-state index contributed by atoms with van der Waals surface area (Å²) in [5, 5.41) is 0. The number of ether oxygens (including phenoxy) is 1. The molecule has 28 heavy (non-hydrogen) atoms. The molecule has 1 heterocycles. The highest BCUT2D eigenvalue weighted by Gasteiger charge is 2.39. The molecule has 0 atom stereocenters. The number of alkyl halides is 3. The van der Waals surface area contributed by atoms with Crippen LogP contribution in [0, 0.1) is 0 Å². The summed E-state index contributed by atoms with van der Waals surface area (Å²) < 4.78 is 45.2. The van der Waals surface area contributed by atoms with Crippen molar-refractivity contribution < 1.29 is 22.7 Å². The normalized spacial score (nSPS) is 11.5. The Hall–Kier alpha value is -3.02. The standard InChI is InChI=1S/C22H20F3NO2/c1-3-4-17-11-14-20(15-7-12-19(28-2)13-8-15)26(17)18-9-5-16(6-10-18)21(27)22(23,24)25/h5-14H,3-4H2,1-2H3. The zero-order valence-electron chi connectivity index (χ0n) is 15.6. The fourth-order valence-electron chi connectivity index (χ4n) is 3.15. The molecule has 0 saturated heterocycles. The van der Waals surface area contributed by atoms with E-state index >= 15 is 0 Å². The number of ketones is 1. The average molecular weight is 387 g/mol. The molecule has 6 heteroatoms. The fraction of sp³-hybridized carbons (Fsp3) is 0.227. The van der Waals surface area contributed by atoms with Gasteiger partial charge in [-0.1, -0.05) is 13.3 Å². The van der Waals surface area contributed by atoms with Crippen LogP contribution in [0.2, 0.25) is 0 Å². The summed E-state index contributed by atoms with van der Waals surface area (Å²) >= 11 is 0. The lowest BCUT2D eigenvalue weighted by molar-refractivity contribution is -0.0885. The van der Waals surface area contributed by atoms with Gasteiger partial charge in [-0.25, -0.2) is 0 Å². The molecule has 0 spiro atoms. The number of halogens is 3. The third kappa shape index (κ3) is 3.96. The lowest BCUT2D eigenvalue weighted by Gasteiger charge is -2.15. The smallest absolute Gasteiger partial charge is 0.454 e. The van der Waals surface area contributed by atoms with E-state index in [1.807, 2.05) is 41.0 Å². The van der Waals surface area contributed by atoms with Crippen molar-refractivity contribution in [2.75, 3.05) is 7.11 Å². The predicted octanol–water partition coefficient (Wildman–Crippen LogP) is 5.85. The lowest BCUT2D eigenvalue weighted by atomic mass is 10.1. The third-order valence-electron chi connectivity index (χ3n) is 4.50. The first-order chi connectivity index (χ1) is 13.3. The lowest BCUT2D eigenvalue weighted by Crippen LogP contribution is -2.22. The largest absolute Gasteiger partial charge is 0.497 e. The summed E-state index contributed by atoms with van der Waals surface area (Å²) in [5.41, 5.74) is 3.26. The first-order valence-electron chi connectivity index (χ1n) is 8.92. The van der Waals surface area contributed by atoms with Gasteiger partial charge >= 0.3 is 6.18 Å². The van der Waals surface area contributed by atoms with Crippen molar-refractivity contribution in [3.05, 3.63) is 71.9 Å². The van der Waals surface area contributed by atoms with Crippen molar-refractivity contribution in [3.63, 3.8) is 0 Å². The molecule has 0 aliphatic rings. The summed E-state index contributed by atoms with van der Waals surface area (Å²) in [7, 11) is 1.60. The maximum atomic E-state index is 12.7. The Morgan fingerprint density at radius 2 is 1.61 bits per heavy atom. The van der Waals surface area contributed by atoms with Gasteiger partial charge in [-0.05, 0) is 72.6 Å². The Balaban J connectivity index is 2.04. The second-order valence-corrected chi connectivity index (χ2v) is 6.40. The second-order valence-electron chi connectivity index (χ2n) is 6.40. The molecule has 3 aromatic rings. The van der Waals surface area contributed by atoms with Crippen molar-refractivity contribution in [3.8, 4) is 22.7 Å². The van der Waals surface area contributed by atoms with Crippen molar-refractivity contribution in [1.29, 1.82) is 0 Å². The highest BCUT2D eigenvalue weighted by atomic mass is 19.4. The van der Waals surface area contributed by atoms with Crippen LogP contribution in [0.1, 0.15) is 29.4 Å². The number of methoxy groups -OCH3 is 1. The average Bonchev–Trinajstić information content (AvgIpc) is 3.11. The molecule has 0 unspecified atom stereocenters. The van der Waals surface area contributed by atoms with E-state index in [4.69, 9.17) is 4.74 Å². The van der Waals surface area contributed by atoms with Gasteiger partial charge in [-0.15, -0.1) is 0 Å². The molecule has 0 amide bonds. The van der Waals surface area contributed by atoms with E-state index in [2.05, 4.69) is 6.92 Å². The highest BCUT2D eigenvalue weighted by Crippen LogP contribution is 2.30. The Labute approximate surface area is 161 Å². The van der Waals surface area contributed by atoms with Gasteiger partial charge < -0.3 is 9.30 Å². The van der Waals surface area contributed by atoms with Crippen LogP contribution in [-0.4, -0.2) is 23.6 Å². The summed E-state index contributed by atoms with van der Waals surface area (Å²) in [5.74, 6) is -1.10. The maximum Gasteiger partial charge on any atom is 0.454 e. The topological polar surface area (TPSA) is 31.2 Å². The Kier molecular flexibility index (Phi) is 5.58.